The molecular weight excluding hydrogens is 236 g/mol. The summed E-state index contributed by atoms with van der Waals surface area (Å²) in [4.78, 5) is 12.3. The zero-order valence-corrected chi connectivity index (χ0v) is 12.0. The highest BCUT2D eigenvalue weighted by Crippen LogP contribution is 2.23. The van der Waals surface area contributed by atoms with Gasteiger partial charge in [0, 0.05) is 11.1 Å². The summed E-state index contributed by atoms with van der Waals surface area (Å²) in [6.07, 6.45) is 5.16. The Labute approximate surface area is 115 Å². The van der Waals surface area contributed by atoms with Crippen molar-refractivity contribution >= 4 is 5.91 Å². The van der Waals surface area contributed by atoms with E-state index in [-0.39, 0.29) is 11.4 Å². The number of carbonyl (C=O) groups is 1. The van der Waals surface area contributed by atoms with Gasteiger partial charge in [-0.2, -0.15) is 0 Å². The Morgan fingerprint density at radius 1 is 1.37 bits per heavy atom. The molecule has 2 rings (SSSR count). The Morgan fingerprint density at radius 3 is 2.79 bits per heavy atom. The maximum Gasteiger partial charge on any atom is 0.251 e. The van der Waals surface area contributed by atoms with E-state index in [4.69, 9.17) is 5.73 Å². The molecule has 0 radical (unpaired) electrons. The largest absolute Gasteiger partial charge is 0.347 e. The minimum atomic E-state index is -0.204. The van der Waals surface area contributed by atoms with Crippen molar-refractivity contribution in [3.8, 4) is 0 Å². The quantitative estimate of drug-likeness (QED) is 0.854. The summed E-state index contributed by atoms with van der Waals surface area (Å²) in [5.41, 5.74) is 8.94. The smallest absolute Gasteiger partial charge is 0.251 e. The van der Waals surface area contributed by atoms with Crippen LogP contribution in [-0.2, 0) is 12.8 Å². The molecule has 0 spiro atoms. The Bertz CT molecular complexity index is 470. The first-order valence-electron chi connectivity index (χ1n) is 7.22. The number of carbonyl (C=O) groups excluding carboxylic acids is 1. The van der Waals surface area contributed by atoms with Crippen molar-refractivity contribution in [3.63, 3.8) is 0 Å². The highest BCUT2D eigenvalue weighted by molar-refractivity contribution is 5.95. The standard InChI is InChI=1S/C16H24N2O/c1-3-16(2,9-10-17)18-15(19)14-8-7-12-5-4-6-13(12)11-14/h7-8,11H,3-6,9-10,17H2,1-2H3,(H,18,19). The van der Waals surface area contributed by atoms with E-state index in [0.717, 1.165) is 31.2 Å². The van der Waals surface area contributed by atoms with Crippen molar-refractivity contribution in [3.05, 3.63) is 34.9 Å². The van der Waals surface area contributed by atoms with Crippen LogP contribution < -0.4 is 11.1 Å². The van der Waals surface area contributed by atoms with E-state index >= 15 is 0 Å². The van der Waals surface area contributed by atoms with E-state index in [1.807, 2.05) is 6.07 Å². The fraction of sp³-hybridized carbons (Fsp3) is 0.562. The van der Waals surface area contributed by atoms with Gasteiger partial charge >= 0.3 is 0 Å². The van der Waals surface area contributed by atoms with Gasteiger partial charge in [0.1, 0.15) is 0 Å². The molecular formula is C16H24N2O. The SMILES string of the molecule is CCC(C)(CCN)NC(=O)c1ccc2c(c1)CCC2. The molecule has 1 aromatic carbocycles. The maximum atomic E-state index is 12.3. The number of hydrogen-bond acceptors (Lipinski definition) is 2. The molecule has 0 saturated carbocycles. The van der Waals surface area contributed by atoms with Gasteiger partial charge in [-0.25, -0.2) is 0 Å². The Kier molecular flexibility index (Phi) is 4.25. The lowest BCUT2D eigenvalue weighted by molar-refractivity contribution is 0.0900. The van der Waals surface area contributed by atoms with Crippen molar-refractivity contribution in [2.75, 3.05) is 6.54 Å². The summed E-state index contributed by atoms with van der Waals surface area (Å²) in [5.74, 6) is 0.0208. The molecule has 104 valence electrons. The monoisotopic (exact) mass is 260 g/mol. The highest BCUT2D eigenvalue weighted by atomic mass is 16.1. The van der Waals surface area contributed by atoms with Gasteiger partial charge in [-0.1, -0.05) is 13.0 Å². The van der Waals surface area contributed by atoms with E-state index in [9.17, 15) is 4.79 Å². The summed E-state index contributed by atoms with van der Waals surface area (Å²) in [6.45, 7) is 4.73. The number of nitrogens with one attached hydrogen (secondary N) is 1. The third-order valence-electron chi connectivity index (χ3n) is 4.25. The lowest BCUT2D eigenvalue weighted by Gasteiger charge is -2.29. The van der Waals surface area contributed by atoms with Crippen molar-refractivity contribution in [2.45, 2.75) is 51.5 Å². The van der Waals surface area contributed by atoms with Gasteiger partial charge in [-0.3, -0.25) is 4.79 Å². The third-order valence-corrected chi connectivity index (χ3v) is 4.25. The van der Waals surface area contributed by atoms with E-state index in [2.05, 4.69) is 31.3 Å². The second kappa shape index (κ2) is 5.74. The van der Waals surface area contributed by atoms with Crippen LogP contribution in [0.3, 0.4) is 0 Å². The molecule has 1 aliphatic carbocycles. The second-order valence-electron chi connectivity index (χ2n) is 5.74. The predicted molar refractivity (Wildman–Crippen MR) is 78.3 cm³/mol. The average molecular weight is 260 g/mol. The van der Waals surface area contributed by atoms with Crippen molar-refractivity contribution in [1.29, 1.82) is 0 Å². The van der Waals surface area contributed by atoms with E-state index in [1.165, 1.54) is 17.5 Å². The molecule has 1 atom stereocenters. The minimum Gasteiger partial charge on any atom is -0.347 e. The Morgan fingerprint density at radius 2 is 2.11 bits per heavy atom. The van der Waals surface area contributed by atoms with Crippen LogP contribution in [0.25, 0.3) is 0 Å². The van der Waals surface area contributed by atoms with E-state index in [1.54, 1.807) is 0 Å². The first-order chi connectivity index (χ1) is 9.08. The molecule has 0 aromatic heterocycles. The summed E-state index contributed by atoms with van der Waals surface area (Å²) in [6, 6.07) is 6.09. The Hall–Kier alpha value is -1.35. The first kappa shape index (κ1) is 14.1. The maximum absolute atomic E-state index is 12.3. The molecule has 19 heavy (non-hydrogen) atoms. The molecule has 3 N–H and O–H groups in total. The number of aryl methyl sites for hydroxylation is 2. The number of hydrogen-bond donors (Lipinski definition) is 2. The molecule has 0 fully saturated rings. The highest BCUT2D eigenvalue weighted by Gasteiger charge is 2.24. The molecule has 0 saturated heterocycles. The van der Waals surface area contributed by atoms with Crippen LogP contribution >= 0.6 is 0 Å². The van der Waals surface area contributed by atoms with Crippen LogP contribution in [0.1, 0.15) is 54.6 Å². The van der Waals surface area contributed by atoms with E-state index in [0.29, 0.717) is 6.54 Å². The van der Waals surface area contributed by atoms with Crippen molar-refractivity contribution in [2.24, 2.45) is 5.73 Å². The van der Waals surface area contributed by atoms with Crippen LogP contribution in [0, 0.1) is 0 Å². The van der Waals surface area contributed by atoms with Crippen LogP contribution in [0.15, 0.2) is 18.2 Å². The fourth-order valence-corrected chi connectivity index (χ4v) is 2.71. The molecule has 0 heterocycles. The Balaban J connectivity index is 2.11. The van der Waals surface area contributed by atoms with Crippen LogP contribution in [0.2, 0.25) is 0 Å². The third kappa shape index (κ3) is 3.16. The number of nitrogens with two attached hydrogens (primary N) is 1. The zero-order chi connectivity index (χ0) is 13.9. The van der Waals surface area contributed by atoms with Gasteiger partial charge in [0.15, 0.2) is 0 Å². The summed E-state index contributed by atoms with van der Waals surface area (Å²) < 4.78 is 0. The minimum absolute atomic E-state index is 0.0208. The van der Waals surface area contributed by atoms with Crippen LogP contribution in [-0.4, -0.2) is 18.0 Å². The molecule has 3 heteroatoms. The number of fused-ring (bicyclic) bond motifs is 1. The predicted octanol–water partition coefficient (Wildman–Crippen LogP) is 2.42. The fourth-order valence-electron chi connectivity index (χ4n) is 2.71. The second-order valence-corrected chi connectivity index (χ2v) is 5.74. The van der Waals surface area contributed by atoms with Gasteiger partial charge < -0.3 is 11.1 Å². The first-order valence-corrected chi connectivity index (χ1v) is 7.22. The number of rotatable bonds is 5. The molecule has 3 nitrogen and oxygen atoms in total. The van der Waals surface area contributed by atoms with Crippen molar-refractivity contribution < 1.29 is 4.79 Å². The molecule has 0 bridgehead atoms. The van der Waals surface area contributed by atoms with Crippen LogP contribution in [0.5, 0.6) is 0 Å². The lowest BCUT2D eigenvalue weighted by atomic mass is 9.93. The van der Waals surface area contributed by atoms with E-state index < -0.39 is 0 Å². The van der Waals surface area contributed by atoms with Crippen molar-refractivity contribution in [1.82, 2.24) is 5.32 Å². The lowest BCUT2D eigenvalue weighted by Crippen LogP contribution is -2.46. The van der Waals surface area contributed by atoms with Gasteiger partial charge in [0.05, 0.1) is 0 Å². The normalized spacial score (nSPS) is 16.8. The summed E-state index contributed by atoms with van der Waals surface area (Å²) in [5, 5.41) is 3.13. The van der Waals surface area contributed by atoms with Gasteiger partial charge in [0.2, 0.25) is 0 Å². The summed E-state index contributed by atoms with van der Waals surface area (Å²) >= 11 is 0. The van der Waals surface area contributed by atoms with Crippen LogP contribution in [0.4, 0.5) is 0 Å². The van der Waals surface area contributed by atoms with Gasteiger partial charge in [0.25, 0.3) is 5.91 Å². The average Bonchev–Trinajstić information content (AvgIpc) is 2.86. The molecule has 1 aromatic rings. The van der Waals surface area contributed by atoms with Gasteiger partial charge in [-0.15, -0.1) is 0 Å². The molecule has 1 aliphatic rings. The molecule has 0 aliphatic heterocycles. The summed E-state index contributed by atoms with van der Waals surface area (Å²) in [7, 11) is 0. The topological polar surface area (TPSA) is 55.1 Å². The molecule has 1 unspecified atom stereocenters. The number of amides is 1. The molecule has 1 amide bonds. The zero-order valence-electron chi connectivity index (χ0n) is 12.0. The number of benzene rings is 1. The van der Waals surface area contributed by atoms with Gasteiger partial charge in [-0.05, 0) is 68.8 Å².